The predicted molar refractivity (Wildman–Crippen MR) is 97.6 cm³/mol. The molecule has 2 amide bonds. The van der Waals surface area contributed by atoms with Gasteiger partial charge in [0.1, 0.15) is 17.3 Å². The molecule has 1 N–H and O–H groups in total. The van der Waals surface area contributed by atoms with Crippen LogP contribution in [-0.2, 0) is 9.59 Å². The van der Waals surface area contributed by atoms with Gasteiger partial charge in [-0.3, -0.25) is 14.5 Å². The molecule has 0 bridgehead atoms. The number of amides is 2. The van der Waals surface area contributed by atoms with Gasteiger partial charge in [0.05, 0.1) is 0 Å². The molecule has 130 valence electrons. The van der Waals surface area contributed by atoms with Crippen molar-refractivity contribution in [3.8, 4) is 0 Å². The van der Waals surface area contributed by atoms with E-state index in [0.717, 1.165) is 42.3 Å². The summed E-state index contributed by atoms with van der Waals surface area (Å²) in [6.45, 7) is 1.21. The van der Waals surface area contributed by atoms with Crippen LogP contribution < -0.4 is 4.90 Å². The van der Waals surface area contributed by atoms with E-state index in [1.54, 1.807) is 9.80 Å². The van der Waals surface area contributed by atoms with Gasteiger partial charge in [-0.2, -0.15) is 0 Å². The van der Waals surface area contributed by atoms with Gasteiger partial charge in [-0.05, 0) is 42.5 Å². The molecule has 0 spiro atoms. The number of fused-ring (bicyclic) bond motifs is 1. The molecule has 7 heteroatoms. The molecule has 0 atom stereocenters. The molecule has 0 unspecified atom stereocenters. The van der Waals surface area contributed by atoms with Crippen LogP contribution >= 0.6 is 11.6 Å². The number of halogens is 1. The number of rotatable bonds is 5. The van der Waals surface area contributed by atoms with E-state index in [2.05, 4.69) is 16.0 Å². The summed E-state index contributed by atoms with van der Waals surface area (Å²) in [4.78, 5) is 34.5. The number of alkyl halides is 1. The maximum atomic E-state index is 11.7. The third-order valence-corrected chi connectivity index (χ3v) is 5.08. The Bertz CT molecular complexity index is 856. The molecular formula is C18H19ClN4O2. The van der Waals surface area contributed by atoms with Gasteiger partial charge in [0, 0.05) is 30.7 Å². The highest BCUT2D eigenvalue weighted by Gasteiger charge is 2.30. The zero-order valence-corrected chi connectivity index (χ0v) is 14.5. The standard InChI is InChI=1S/C18H19ClN4O2/c19-10-17(25)22-7-4-12(5-8-22)15-9-16(23(11-24)13-1-2-13)21-18-14(15)3-6-20-18/h3-4,6,9,11,13H,1-2,5,7-8,10H2,(H,20,21). The van der Waals surface area contributed by atoms with E-state index in [1.807, 2.05) is 18.3 Å². The maximum Gasteiger partial charge on any atom is 0.237 e. The lowest BCUT2D eigenvalue weighted by molar-refractivity contribution is -0.128. The number of hydrogen-bond acceptors (Lipinski definition) is 3. The lowest BCUT2D eigenvalue weighted by atomic mass is 9.97. The van der Waals surface area contributed by atoms with Gasteiger partial charge in [-0.1, -0.05) is 6.08 Å². The number of carbonyl (C=O) groups is 2. The summed E-state index contributed by atoms with van der Waals surface area (Å²) in [5.41, 5.74) is 3.03. The molecule has 6 nitrogen and oxygen atoms in total. The second kappa shape index (κ2) is 6.52. The molecule has 3 heterocycles. The Balaban J connectivity index is 1.71. The molecular weight excluding hydrogens is 340 g/mol. The third kappa shape index (κ3) is 3.02. The van der Waals surface area contributed by atoms with Gasteiger partial charge >= 0.3 is 0 Å². The summed E-state index contributed by atoms with van der Waals surface area (Å²) in [5.74, 6) is 0.656. The average Bonchev–Trinajstić information content (AvgIpc) is 3.37. The number of H-pyrrole nitrogens is 1. The number of anilines is 1. The number of aromatic nitrogens is 2. The van der Waals surface area contributed by atoms with E-state index >= 15 is 0 Å². The predicted octanol–water partition coefficient (Wildman–Crippen LogP) is 2.54. The number of carbonyl (C=O) groups excluding carboxylic acids is 2. The molecule has 2 aromatic heterocycles. The normalized spacial score (nSPS) is 17.5. The Morgan fingerprint density at radius 2 is 2.32 bits per heavy atom. The third-order valence-electron chi connectivity index (χ3n) is 4.86. The van der Waals surface area contributed by atoms with Gasteiger partial charge in [-0.15, -0.1) is 11.6 Å². The van der Waals surface area contributed by atoms with Crippen LogP contribution in [0.25, 0.3) is 16.6 Å². The van der Waals surface area contributed by atoms with Gasteiger partial charge in [0.2, 0.25) is 12.3 Å². The van der Waals surface area contributed by atoms with Crippen molar-refractivity contribution in [3.05, 3.63) is 30.0 Å². The van der Waals surface area contributed by atoms with Gasteiger partial charge in [0.25, 0.3) is 0 Å². The Labute approximate surface area is 150 Å². The van der Waals surface area contributed by atoms with Gasteiger partial charge < -0.3 is 9.88 Å². The number of hydrogen-bond donors (Lipinski definition) is 1. The summed E-state index contributed by atoms with van der Waals surface area (Å²) >= 11 is 5.65. The van der Waals surface area contributed by atoms with E-state index in [1.165, 1.54) is 5.57 Å². The number of nitrogens with one attached hydrogen (secondary N) is 1. The Kier molecular flexibility index (Phi) is 4.21. The lowest BCUT2D eigenvalue weighted by Crippen LogP contribution is -2.35. The first kappa shape index (κ1) is 16.1. The first-order valence-electron chi connectivity index (χ1n) is 8.46. The molecule has 2 aromatic rings. The van der Waals surface area contributed by atoms with E-state index in [-0.39, 0.29) is 17.8 Å². The lowest BCUT2D eigenvalue weighted by Gasteiger charge is -2.26. The first-order chi connectivity index (χ1) is 12.2. The highest BCUT2D eigenvalue weighted by molar-refractivity contribution is 6.27. The van der Waals surface area contributed by atoms with Crippen LogP contribution in [0.4, 0.5) is 5.82 Å². The topological polar surface area (TPSA) is 69.3 Å². The van der Waals surface area contributed by atoms with Crippen molar-refractivity contribution in [2.45, 2.75) is 25.3 Å². The summed E-state index contributed by atoms with van der Waals surface area (Å²) in [5, 5.41) is 1.04. The second-order valence-corrected chi connectivity index (χ2v) is 6.73. The molecule has 25 heavy (non-hydrogen) atoms. The fraction of sp³-hybridized carbons (Fsp3) is 0.389. The molecule has 1 saturated carbocycles. The highest BCUT2D eigenvalue weighted by atomic mass is 35.5. The van der Waals surface area contributed by atoms with Crippen LogP contribution in [0.5, 0.6) is 0 Å². The largest absolute Gasteiger partial charge is 0.346 e. The highest BCUT2D eigenvalue weighted by Crippen LogP contribution is 2.35. The van der Waals surface area contributed by atoms with E-state index in [4.69, 9.17) is 11.6 Å². The van der Waals surface area contributed by atoms with Crippen LogP contribution in [0.3, 0.4) is 0 Å². The molecule has 4 rings (SSSR count). The SMILES string of the molecule is O=CN(c1cc(C2=CCN(C(=O)CCl)CC2)c2cc[nH]c2n1)C1CC1. The van der Waals surface area contributed by atoms with Crippen LogP contribution in [0.15, 0.2) is 24.4 Å². The van der Waals surface area contributed by atoms with Crippen molar-refractivity contribution in [1.82, 2.24) is 14.9 Å². The molecule has 1 aliphatic heterocycles. The van der Waals surface area contributed by atoms with E-state index in [0.29, 0.717) is 18.9 Å². The average molecular weight is 359 g/mol. The Morgan fingerprint density at radius 1 is 1.48 bits per heavy atom. The monoisotopic (exact) mass is 358 g/mol. The van der Waals surface area contributed by atoms with Crippen LogP contribution in [0, 0.1) is 0 Å². The molecule has 1 fully saturated rings. The van der Waals surface area contributed by atoms with E-state index < -0.39 is 0 Å². The second-order valence-electron chi connectivity index (χ2n) is 6.46. The molecule has 2 aliphatic rings. The maximum absolute atomic E-state index is 11.7. The van der Waals surface area contributed by atoms with Crippen molar-refractivity contribution >= 4 is 46.3 Å². The summed E-state index contributed by atoms with van der Waals surface area (Å²) in [7, 11) is 0. The van der Waals surface area contributed by atoms with Gasteiger partial charge in [0.15, 0.2) is 0 Å². The van der Waals surface area contributed by atoms with Crippen LogP contribution in [0.2, 0.25) is 0 Å². The summed E-state index contributed by atoms with van der Waals surface area (Å²) in [6.07, 6.45) is 7.61. The molecule has 1 aliphatic carbocycles. The van der Waals surface area contributed by atoms with Crippen molar-refractivity contribution in [1.29, 1.82) is 0 Å². The van der Waals surface area contributed by atoms with Crippen molar-refractivity contribution in [2.75, 3.05) is 23.9 Å². The minimum Gasteiger partial charge on any atom is -0.346 e. The first-order valence-corrected chi connectivity index (χ1v) is 8.99. The van der Waals surface area contributed by atoms with Crippen molar-refractivity contribution in [2.24, 2.45) is 0 Å². The van der Waals surface area contributed by atoms with Crippen molar-refractivity contribution in [3.63, 3.8) is 0 Å². The minimum absolute atomic E-state index is 0.0142. The molecule has 0 saturated heterocycles. The zero-order valence-electron chi connectivity index (χ0n) is 13.7. The molecule has 0 aromatic carbocycles. The minimum atomic E-state index is -0.0416. The van der Waals surface area contributed by atoms with Crippen molar-refractivity contribution < 1.29 is 9.59 Å². The zero-order chi connectivity index (χ0) is 17.4. The Hall–Kier alpha value is -2.34. The van der Waals surface area contributed by atoms with Crippen LogP contribution in [-0.4, -0.2) is 52.2 Å². The smallest absolute Gasteiger partial charge is 0.237 e. The van der Waals surface area contributed by atoms with E-state index in [9.17, 15) is 9.59 Å². The summed E-state index contributed by atoms with van der Waals surface area (Å²) < 4.78 is 0. The number of aromatic amines is 1. The quantitative estimate of drug-likeness (QED) is 0.659. The summed E-state index contributed by atoms with van der Waals surface area (Å²) in [6, 6.07) is 4.26. The Morgan fingerprint density at radius 3 is 2.96 bits per heavy atom. The molecule has 0 radical (unpaired) electrons. The fourth-order valence-corrected chi connectivity index (χ4v) is 3.50. The van der Waals surface area contributed by atoms with Crippen LogP contribution in [0.1, 0.15) is 24.8 Å². The number of nitrogens with zero attached hydrogens (tertiary/aromatic N) is 3. The fourth-order valence-electron chi connectivity index (χ4n) is 3.33. The number of pyridine rings is 1. The van der Waals surface area contributed by atoms with Gasteiger partial charge in [-0.25, -0.2) is 4.98 Å².